The summed E-state index contributed by atoms with van der Waals surface area (Å²) in [6.45, 7) is 0.981. The lowest BCUT2D eigenvalue weighted by atomic mass is 10.0. The Morgan fingerprint density at radius 3 is 2.63 bits per heavy atom. The number of rotatable bonds is 5. The van der Waals surface area contributed by atoms with Gasteiger partial charge in [0.15, 0.2) is 0 Å². The summed E-state index contributed by atoms with van der Waals surface area (Å²) in [6, 6.07) is 9.13. The van der Waals surface area contributed by atoms with E-state index in [2.05, 4.69) is 10.6 Å². The number of hydrogen-bond donors (Lipinski definition) is 2. The second kappa shape index (κ2) is 8.89. The minimum absolute atomic E-state index is 0.0317. The summed E-state index contributed by atoms with van der Waals surface area (Å²) >= 11 is 7.61. The van der Waals surface area contributed by atoms with Gasteiger partial charge in [0.1, 0.15) is 11.1 Å². The zero-order valence-corrected chi connectivity index (χ0v) is 17.6. The molecule has 4 rings (SSSR count). The van der Waals surface area contributed by atoms with E-state index >= 15 is 0 Å². The number of fused-ring (bicyclic) bond motifs is 1. The van der Waals surface area contributed by atoms with Gasteiger partial charge in [-0.1, -0.05) is 29.8 Å². The molecule has 3 aromatic rings. The number of halogens is 1. The van der Waals surface area contributed by atoms with Gasteiger partial charge in [-0.05, 0) is 25.0 Å². The molecule has 2 N–H and O–H groups in total. The Hall–Kier alpha value is -2.84. The van der Waals surface area contributed by atoms with Gasteiger partial charge in [0.2, 0.25) is 5.91 Å². The summed E-state index contributed by atoms with van der Waals surface area (Å²) < 4.78 is 5.88. The topological polar surface area (TPSA) is 91.7 Å². The molecule has 30 heavy (non-hydrogen) atoms. The molecule has 3 amide bonds. The van der Waals surface area contributed by atoms with E-state index in [9.17, 15) is 14.4 Å². The van der Waals surface area contributed by atoms with E-state index in [4.69, 9.17) is 16.0 Å². The smallest absolute Gasteiger partial charge is 0.263 e. The van der Waals surface area contributed by atoms with E-state index in [0.29, 0.717) is 41.4 Å². The van der Waals surface area contributed by atoms with Gasteiger partial charge in [-0.25, -0.2) is 0 Å². The molecule has 1 aromatic carbocycles. The van der Waals surface area contributed by atoms with E-state index in [1.807, 2.05) is 24.3 Å². The predicted molar refractivity (Wildman–Crippen MR) is 115 cm³/mol. The molecule has 1 aliphatic rings. The molecule has 0 spiro atoms. The number of hydrogen-bond acceptors (Lipinski definition) is 5. The summed E-state index contributed by atoms with van der Waals surface area (Å²) in [5, 5.41) is 6.79. The number of benzene rings is 1. The van der Waals surface area contributed by atoms with Gasteiger partial charge in [-0.3, -0.25) is 14.4 Å². The normalized spacial score (nSPS) is 14.6. The van der Waals surface area contributed by atoms with Gasteiger partial charge in [0.25, 0.3) is 11.8 Å². The molecule has 7 nitrogen and oxygen atoms in total. The molecule has 3 heterocycles. The zero-order valence-electron chi connectivity index (χ0n) is 16.0. The van der Waals surface area contributed by atoms with Gasteiger partial charge >= 0.3 is 0 Å². The van der Waals surface area contributed by atoms with E-state index in [-0.39, 0.29) is 30.3 Å². The Kier molecular flexibility index (Phi) is 6.06. The molecule has 2 aromatic heterocycles. The van der Waals surface area contributed by atoms with E-state index in [1.165, 1.54) is 23.9 Å². The van der Waals surface area contributed by atoms with Crippen LogP contribution in [0.15, 0.2) is 47.3 Å². The van der Waals surface area contributed by atoms with Crippen LogP contribution in [0.1, 0.15) is 32.9 Å². The fraction of sp³-hybridized carbons (Fsp3) is 0.286. The Labute approximate surface area is 182 Å². The second-order valence-corrected chi connectivity index (χ2v) is 8.50. The third kappa shape index (κ3) is 4.34. The number of carbonyl (C=O) groups is 3. The lowest BCUT2D eigenvalue weighted by Gasteiger charge is -2.32. The van der Waals surface area contributed by atoms with Crippen molar-refractivity contribution in [3.8, 4) is 0 Å². The average Bonchev–Trinajstić information content (AvgIpc) is 3.41. The molecule has 9 heteroatoms. The number of piperidine rings is 1. The minimum atomic E-state index is -0.364. The van der Waals surface area contributed by atoms with Crippen molar-refractivity contribution in [3.05, 3.63) is 58.3 Å². The van der Waals surface area contributed by atoms with E-state index < -0.39 is 0 Å². The lowest BCUT2D eigenvalue weighted by molar-refractivity contribution is -0.121. The van der Waals surface area contributed by atoms with Gasteiger partial charge in [-0.15, -0.1) is 11.3 Å². The Morgan fingerprint density at radius 1 is 1.17 bits per heavy atom. The summed E-state index contributed by atoms with van der Waals surface area (Å²) in [4.78, 5) is 39.2. The van der Waals surface area contributed by atoms with Crippen LogP contribution in [0.4, 0.5) is 0 Å². The van der Waals surface area contributed by atoms with Gasteiger partial charge in [0.05, 0.1) is 23.4 Å². The molecular formula is C21H20ClN3O4S. The first kappa shape index (κ1) is 20.4. The monoisotopic (exact) mass is 445 g/mol. The molecule has 0 radical (unpaired) electrons. The maximum absolute atomic E-state index is 12.4. The van der Waals surface area contributed by atoms with Crippen LogP contribution in [0.2, 0.25) is 5.02 Å². The van der Waals surface area contributed by atoms with Crippen molar-refractivity contribution in [2.45, 2.75) is 18.9 Å². The van der Waals surface area contributed by atoms with Crippen molar-refractivity contribution in [2.75, 3.05) is 19.6 Å². The number of nitrogens with zero attached hydrogens (tertiary/aromatic N) is 1. The van der Waals surface area contributed by atoms with Crippen molar-refractivity contribution < 1.29 is 18.8 Å². The quantitative estimate of drug-likeness (QED) is 0.630. The largest absolute Gasteiger partial charge is 0.472 e. The minimum Gasteiger partial charge on any atom is -0.472 e. The molecule has 1 fully saturated rings. The third-order valence-corrected chi connectivity index (χ3v) is 6.74. The second-order valence-electron chi connectivity index (χ2n) is 7.07. The fourth-order valence-corrected chi connectivity index (χ4v) is 4.91. The number of furan rings is 1. The van der Waals surface area contributed by atoms with Crippen LogP contribution in [-0.2, 0) is 4.79 Å². The van der Waals surface area contributed by atoms with Crippen molar-refractivity contribution in [1.82, 2.24) is 15.5 Å². The highest BCUT2D eigenvalue weighted by atomic mass is 35.5. The van der Waals surface area contributed by atoms with Crippen LogP contribution in [0.3, 0.4) is 0 Å². The first-order valence-corrected chi connectivity index (χ1v) is 10.8. The maximum Gasteiger partial charge on any atom is 0.263 e. The number of nitrogens with one attached hydrogen (secondary N) is 2. The third-order valence-electron chi connectivity index (χ3n) is 5.07. The highest BCUT2D eigenvalue weighted by Crippen LogP contribution is 2.34. The summed E-state index contributed by atoms with van der Waals surface area (Å²) in [6.07, 6.45) is 4.22. The number of likely N-dealkylation sites (tertiary alicyclic amines) is 1. The first-order valence-electron chi connectivity index (χ1n) is 9.59. The van der Waals surface area contributed by atoms with Crippen LogP contribution < -0.4 is 10.6 Å². The van der Waals surface area contributed by atoms with Crippen LogP contribution in [-0.4, -0.2) is 48.3 Å². The molecule has 0 unspecified atom stereocenters. The van der Waals surface area contributed by atoms with Gasteiger partial charge in [-0.2, -0.15) is 0 Å². The maximum atomic E-state index is 12.4. The fourth-order valence-electron chi connectivity index (χ4n) is 3.48. The lowest BCUT2D eigenvalue weighted by Crippen LogP contribution is -2.48. The standard InChI is InChI=1S/C21H20ClN3O4S/c22-18-15-3-1-2-4-16(15)30-19(18)20(27)23-11-17(26)24-14-5-8-25(9-6-14)21(28)13-7-10-29-12-13/h1-4,7,10,12,14H,5-6,8-9,11H2,(H,23,27)(H,24,26). The summed E-state index contributed by atoms with van der Waals surface area (Å²) in [5.74, 6) is -0.696. The molecule has 0 atom stereocenters. The number of thiophene rings is 1. The molecule has 156 valence electrons. The highest BCUT2D eigenvalue weighted by Gasteiger charge is 2.25. The molecule has 0 bridgehead atoms. The predicted octanol–water partition coefficient (Wildman–Crippen LogP) is 3.30. The molecule has 0 saturated carbocycles. The van der Waals surface area contributed by atoms with Crippen LogP contribution in [0.25, 0.3) is 10.1 Å². The summed E-state index contributed by atoms with van der Waals surface area (Å²) in [5.41, 5.74) is 0.528. The van der Waals surface area contributed by atoms with Crippen LogP contribution in [0, 0.1) is 0 Å². The van der Waals surface area contributed by atoms with Crippen LogP contribution >= 0.6 is 22.9 Å². The van der Waals surface area contributed by atoms with E-state index in [1.54, 1.807) is 11.0 Å². The van der Waals surface area contributed by atoms with Gasteiger partial charge < -0.3 is 20.0 Å². The van der Waals surface area contributed by atoms with Crippen LogP contribution in [0.5, 0.6) is 0 Å². The average molecular weight is 446 g/mol. The SMILES string of the molecule is O=C(CNC(=O)c1sc2ccccc2c1Cl)NC1CCN(C(=O)c2ccoc2)CC1. The number of amides is 3. The molecule has 1 aliphatic heterocycles. The Morgan fingerprint density at radius 2 is 1.93 bits per heavy atom. The molecular weight excluding hydrogens is 426 g/mol. The van der Waals surface area contributed by atoms with Gasteiger partial charge in [0, 0.05) is 29.2 Å². The zero-order chi connectivity index (χ0) is 21.1. The van der Waals surface area contributed by atoms with Crippen molar-refractivity contribution >= 4 is 50.7 Å². The Bertz CT molecular complexity index is 1070. The highest BCUT2D eigenvalue weighted by molar-refractivity contribution is 7.21. The summed E-state index contributed by atoms with van der Waals surface area (Å²) in [7, 11) is 0. The van der Waals surface area contributed by atoms with E-state index in [0.717, 1.165) is 10.1 Å². The molecule has 1 saturated heterocycles. The number of carbonyl (C=O) groups excluding carboxylic acids is 3. The van der Waals surface area contributed by atoms with Crippen molar-refractivity contribution in [2.24, 2.45) is 0 Å². The first-order chi connectivity index (χ1) is 14.5. The van der Waals surface area contributed by atoms with Crippen molar-refractivity contribution in [3.63, 3.8) is 0 Å². The Balaban J connectivity index is 1.25. The molecule has 0 aliphatic carbocycles. The van der Waals surface area contributed by atoms with Crippen molar-refractivity contribution in [1.29, 1.82) is 0 Å².